The molecule has 21 heavy (non-hydrogen) atoms. The summed E-state index contributed by atoms with van der Waals surface area (Å²) in [6.07, 6.45) is 1.86. The van der Waals surface area contributed by atoms with Gasteiger partial charge in [-0.05, 0) is 36.4 Å². The van der Waals surface area contributed by atoms with E-state index in [0.717, 1.165) is 29.1 Å². The third-order valence-corrected chi connectivity index (χ3v) is 7.93. The van der Waals surface area contributed by atoms with Crippen molar-refractivity contribution in [2.45, 2.75) is 29.6 Å². The van der Waals surface area contributed by atoms with E-state index in [1.807, 2.05) is 17.5 Å². The summed E-state index contributed by atoms with van der Waals surface area (Å²) < 4.78 is 27.6. The fourth-order valence-corrected chi connectivity index (χ4v) is 5.96. The molecular weight excluding hydrogens is 344 g/mol. The van der Waals surface area contributed by atoms with Gasteiger partial charge in [-0.25, -0.2) is 8.42 Å². The van der Waals surface area contributed by atoms with Crippen molar-refractivity contribution in [1.29, 1.82) is 0 Å². The molecule has 8 heteroatoms. The number of hydrogen-bond donors (Lipinski definition) is 1. The standard InChI is InChI=1S/C13H14N2O2S4/c14-13(18)11-5-6-12(20-11)21(16,17)15(9-3-4-9)8-10-2-1-7-19-10/h1-2,5-7,9H,3-4,8H2,(H2,14,18). The van der Waals surface area contributed by atoms with Gasteiger partial charge in [-0.1, -0.05) is 18.3 Å². The van der Waals surface area contributed by atoms with Gasteiger partial charge in [-0.3, -0.25) is 0 Å². The van der Waals surface area contributed by atoms with Gasteiger partial charge in [0, 0.05) is 17.5 Å². The Hall–Kier alpha value is -0.800. The maximum Gasteiger partial charge on any atom is 0.253 e. The second-order valence-electron chi connectivity index (χ2n) is 4.84. The van der Waals surface area contributed by atoms with Crippen LogP contribution in [0.5, 0.6) is 0 Å². The molecule has 1 saturated carbocycles. The molecule has 1 aliphatic rings. The number of rotatable bonds is 6. The Bertz CT molecular complexity index is 745. The van der Waals surface area contributed by atoms with Crippen LogP contribution < -0.4 is 5.73 Å². The van der Waals surface area contributed by atoms with Crippen LogP contribution in [0.4, 0.5) is 0 Å². The molecule has 112 valence electrons. The SMILES string of the molecule is NC(=S)c1ccc(S(=O)(=O)N(Cc2cccs2)C2CC2)s1. The van der Waals surface area contributed by atoms with E-state index in [0.29, 0.717) is 15.6 Å². The van der Waals surface area contributed by atoms with Gasteiger partial charge in [0.1, 0.15) is 9.20 Å². The lowest BCUT2D eigenvalue weighted by atomic mass is 10.4. The highest BCUT2D eigenvalue weighted by atomic mass is 32.2. The van der Waals surface area contributed by atoms with Gasteiger partial charge in [0.05, 0.1) is 4.88 Å². The maximum atomic E-state index is 12.8. The lowest BCUT2D eigenvalue weighted by Gasteiger charge is -2.20. The Morgan fingerprint density at radius 3 is 2.67 bits per heavy atom. The lowest BCUT2D eigenvalue weighted by Crippen LogP contribution is -2.31. The molecule has 1 aliphatic carbocycles. The lowest BCUT2D eigenvalue weighted by molar-refractivity contribution is 0.403. The Labute approximate surface area is 137 Å². The number of sulfonamides is 1. The van der Waals surface area contributed by atoms with E-state index < -0.39 is 10.0 Å². The minimum Gasteiger partial charge on any atom is -0.389 e. The van der Waals surface area contributed by atoms with E-state index in [1.54, 1.807) is 27.8 Å². The molecule has 2 heterocycles. The molecule has 0 bridgehead atoms. The maximum absolute atomic E-state index is 12.8. The highest BCUT2D eigenvalue weighted by molar-refractivity contribution is 7.91. The molecule has 4 nitrogen and oxygen atoms in total. The smallest absolute Gasteiger partial charge is 0.253 e. The van der Waals surface area contributed by atoms with Crippen molar-refractivity contribution in [2.75, 3.05) is 0 Å². The monoisotopic (exact) mass is 358 g/mol. The summed E-state index contributed by atoms with van der Waals surface area (Å²) >= 11 is 7.62. The number of thiocarbonyl (C=S) groups is 1. The molecule has 3 rings (SSSR count). The third kappa shape index (κ3) is 3.19. The second-order valence-corrected chi connectivity index (χ2v) is 9.52. The van der Waals surface area contributed by atoms with Crippen LogP contribution in [0.15, 0.2) is 33.9 Å². The highest BCUT2D eigenvalue weighted by Crippen LogP contribution is 2.36. The zero-order chi connectivity index (χ0) is 15.0. The number of nitrogens with two attached hydrogens (primary N) is 1. The van der Waals surface area contributed by atoms with E-state index in [1.165, 1.54) is 0 Å². The molecule has 0 spiro atoms. The van der Waals surface area contributed by atoms with Crippen LogP contribution in [0.1, 0.15) is 22.6 Å². The number of nitrogens with zero attached hydrogens (tertiary/aromatic N) is 1. The second kappa shape index (κ2) is 5.77. The topological polar surface area (TPSA) is 63.4 Å². The van der Waals surface area contributed by atoms with Crippen LogP contribution in [0.3, 0.4) is 0 Å². The summed E-state index contributed by atoms with van der Waals surface area (Å²) in [6.45, 7) is 0.435. The van der Waals surface area contributed by atoms with Crippen LogP contribution in [0.2, 0.25) is 0 Å². The predicted octanol–water partition coefficient (Wildman–Crippen LogP) is 2.80. The van der Waals surface area contributed by atoms with Gasteiger partial charge in [0.15, 0.2) is 0 Å². The van der Waals surface area contributed by atoms with Crippen LogP contribution in [-0.4, -0.2) is 23.8 Å². The number of hydrogen-bond acceptors (Lipinski definition) is 5. The van der Waals surface area contributed by atoms with Gasteiger partial charge < -0.3 is 5.73 Å². The van der Waals surface area contributed by atoms with Gasteiger partial charge in [-0.15, -0.1) is 22.7 Å². The highest BCUT2D eigenvalue weighted by Gasteiger charge is 2.39. The molecular formula is C13H14N2O2S4. The van der Waals surface area contributed by atoms with Crippen molar-refractivity contribution in [3.63, 3.8) is 0 Å². The van der Waals surface area contributed by atoms with Crippen LogP contribution in [0, 0.1) is 0 Å². The molecule has 0 aromatic carbocycles. The zero-order valence-corrected chi connectivity index (χ0v) is 14.3. The van der Waals surface area contributed by atoms with Crippen LogP contribution >= 0.6 is 34.9 Å². The van der Waals surface area contributed by atoms with Crippen molar-refractivity contribution in [3.05, 3.63) is 39.4 Å². The Kier molecular flexibility index (Phi) is 4.15. The quantitative estimate of drug-likeness (QED) is 0.807. The molecule has 1 fully saturated rings. The van der Waals surface area contributed by atoms with Gasteiger partial charge in [0.2, 0.25) is 0 Å². The van der Waals surface area contributed by atoms with E-state index >= 15 is 0 Å². The summed E-state index contributed by atoms with van der Waals surface area (Å²) in [5.41, 5.74) is 5.56. The molecule has 2 aromatic heterocycles. The van der Waals surface area contributed by atoms with Gasteiger partial charge in [0.25, 0.3) is 10.0 Å². The fourth-order valence-electron chi connectivity index (χ4n) is 2.04. The van der Waals surface area contributed by atoms with Crippen LogP contribution in [-0.2, 0) is 16.6 Å². The zero-order valence-electron chi connectivity index (χ0n) is 11.1. The number of thiophene rings is 2. The van der Waals surface area contributed by atoms with Crippen molar-refractivity contribution in [3.8, 4) is 0 Å². The molecule has 0 radical (unpaired) electrons. The van der Waals surface area contributed by atoms with Crippen molar-refractivity contribution < 1.29 is 8.42 Å². The Balaban J connectivity index is 1.91. The first kappa shape index (κ1) is 15.1. The Morgan fingerprint density at radius 1 is 1.38 bits per heavy atom. The van der Waals surface area contributed by atoms with Crippen molar-refractivity contribution in [1.82, 2.24) is 4.31 Å². The molecule has 0 atom stereocenters. The van der Waals surface area contributed by atoms with Gasteiger partial charge in [-0.2, -0.15) is 4.31 Å². The first-order valence-electron chi connectivity index (χ1n) is 6.42. The molecule has 2 aromatic rings. The van der Waals surface area contributed by atoms with Gasteiger partial charge >= 0.3 is 0 Å². The molecule has 0 amide bonds. The summed E-state index contributed by atoms with van der Waals surface area (Å²) in [6, 6.07) is 7.29. The minimum atomic E-state index is -3.48. The molecule has 0 saturated heterocycles. The Morgan fingerprint density at radius 2 is 2.14 bits per heavy atom. The van der Waals surface area contributed by atoms with E-state index in [-0.39, 0.29) is 11.0 Å². The molecule has 0 aliphatic heterocycles. The molecule has 0 unspecified atom stereocenters. The van der Waals surface area contributed by atoms with E-state index in [2.05, 4.69) is 0 Å². The summed E-state index contributed by atoms with van der Waals surface area (Å²) in [4.78, 5) is 1.92. The average molecular weight is 359 g/mol. The minimum absolute atomic E-state index is 0.118. The van der Waals surface area contributed by atoms with E-state index in [9.17, 15) is 8.42 Å². The van der Waals surface area contributed by atoms with Crippen molar-refractivity contribution >= 4 is 49.9 Å². The third-order valence-electron chi connectivity index (χ3n) is 3.23. The molecule has 2 N–H and O–H groups in total. The normalized spacial score (nSPS) is 15.5. The average Bonchev–Trinajstić information content (AvgIpc) is 2.95. The first-order chi connectivity index (χ1) is 9.98. The largest absolute Gasteiger partial charge is 0.389 e. The summed E-state index contributed by atoms with van der Waals surface area (Å²) in [5.74, 6) is 0. The fraction of sp³-hybridized carbons (Fsp3) is 0.308. The first-order valence-corrected chi connectivity index (χ1v) is 9.97. The van der Waals surface area contributed by atoms with Crippen LogP contribution in [0.25, 0.3) is 0 Å². The van der Waals surface area contributed by atoms with Crippen molar-refractivity contribution in [2.24, 2.45) is 5.73 Å². The summed E-state index contributed by atoms with van der Waals surface area (Å²) in [5, 5.41) is 1.96. The predicted molar refractivity (Wildman–Crippen MR) is 90.3 cm³/mol. The summed E-state index contributed by atoms with van der Waals surface area (Å²) in [7, 11) is -3.48. The van der Waals surface area contributed by atoms with E-state index in [4.69, 9.17) is 18.0 Å².